The van der Waals surface area contributed by atoms with Crippen molar-refractivity contribution in [1.29, 1.82) is 0 Å². The van der Waals surface area contributed by atoms with Gasteiger partial charge in [-0.25, -0.2) is 0 Å². The summed E-state index contributed by atoms with van der Waals surface area (Å²) in [6.45, 7) is 4.67. The van der Waals surface area contributed by atoms with Gasteiger partial charge >= 0.3 is 0 Å². The monoisotopic (exact) mass is 318 g/mol. The van der Waals surface area contributed by atoms with Crippen molar-refractivity contribution in [1.82, 2.24) is 20.0 Å². The molecule has 2 saturated heterocycles. The molecule has 6 heteroatoms. The lowest BCUT2D eigenvalue weighted by Gasteiger charge is -2.32. The molecule has 3 aliphatic rings. The van der Waals surface area contributed by atoms with Crippen LogP contribution in [0.1, 0.15) is 24.8 Å². The van der Waals surface area contributed by atoms with Gasteiger partial charge < -0.3 is 10.1 Å². The fourth-order valence-corrected chi connectivity index (χ4v) is 4.10. The summed E-state index contributed by atoms with van der Waals surface area (Å²) in [6, 6.07) is 0.452. The van der Waals surface area contributed by atoms with E-state index in [1.54, 1.807) is 0 Å². The van der Waals surface area contributed by atoms with Gasteiger partial charge in [-0.15, -0.1) is 0 Å². The first-order chi connectivity index (χ1) is 11.2. The Morgan fingerprint density at radius 1 is 1.39 bits per heavy atom. The maximum absolute atomic E-state index is 12.1. The predicted octanol–water partition coefficient (Wildman–Crippen LogP) is 0.783. The Kier molecular flexibility index (Phi) is 4.11. The number of aryl methyl sites for hydroxylation is 1. The van der Waals surface area contributed by atoms with Crippen LogP contribution in [0.15, 0.2) is 12.4 Å². The quantitative estimate of drug-likeness (QED) is 0.872. The number of aromatic nitrogens is 2. The number of hydrogen-bond acceptors (Lipinski definition) is 4. The van der Waals surface area contributed by atoms with E-state index < -0.39 is 0 Å². The molecule has 1 aromatic rings. The Hall–Kier alpha value is -1.40. The Bertz CT molecular complexity index is 569. The van der Waals surface area contributed by atoms with Crippen molar-refractivity contribution in [3.8, 4) is 0 Å². The van der Waals surface area contributed by atoms with Crippen molar-refractivity contribution < 1.29 is 9.53 Å². The number of carbonyl (C=O) groups excluding carboxylic acids is 1. The molecule has 0 spiro atoms. The molecule has 23 heavy (non-hydrogen) atoms. The van der Waals surface area contributed by atoms with Gasteiger partial charge in [-0.1, -0.05) is 0 Å². The Morgan fingerprint density at radius 3 is 3.00 bits per heavy atom. The minimum absolute atomic E-state index is 0.215. The van der Waals surface area contributed by atoms with Gasteiger partial charge in [0.2, 0.25) is 5.91 Å². The molecule has 3 heterocycles. The minimum Gasteiger partial charge on any atom is -0.381 e. The first-order valence-corrected chi connectivity index (χ1v) is 8.74. The summed E-state index contributed by atoms with van der Waals surface area (Å²) in [5.41, 5.74) is 1.26. The lowest BCUT2D eigenvalue weighted by Crippen LogP contribution is -2.38. The second kappa shape index (κ2) is 6.24. The molecule has 1 amide bonds. The molecule has 0 aromatic carbocycles. The van der Waals surface area contributed by atoms with Gasteiger partial charge in [0.1, 0.15) is 0 Å². The molecule has 4 rings (SSSR count). The fraction of sp³-hybridized carbons (Fsp3) is 0.765. The van der Waals surface area contributed by atoms with Gasteiger partial charge in [0, 0.05) is 50.9 Å². The summed E-state index contributed by atoms with van der Waals surface area (Å²) < 4.78 is 7.65. The molecular weight excluding hydrogens is 292 g/mol. The predicted molar refractivity (Wildman–Crippen MR) is 85.6 cm³/mol. The second-order valence-corrected chi connectivity index (χ2v) is 7.48. The topological polar surface area (TPSA) is 59.4 Å². The normalized spacial score (nSPS) is 31.1. The number of hydrogen-bond donors (Lipinski definition) is 1. The molecule has 1 saturated carbocycles. The molecule has 3 atom stereocenters. The Balaban J connectivity index is 1.34. The maximum atomic E-state index is 12.1. The van der Waals surface area contributed by atoms with Crippen molar-refractivity contribution >= 4 is 5.91 Å². The number of nitrogens with one attached hydrogen (secondary N) is 1. The van der Waals surface area contributed by atoms with Crippen molar-refractivity contribution in [3.05, 3.63) is 18.0 Å². The first-order valence-electron chi connectivity index (χ1n) is 8.74. The highest BCUT2D eigenvalue weighted by molar-refractivity contribution is 5.76. The molecule has 1 N–H and O–H groups in total. The van der Waals surface area contributed by atoms with E-state index in [9.17, 15) is 4.79 Å². The molecule has 0 unspecified atom stereocenters. The number of amides is 1. The third-order valence-electron chi connectivity index (χ3n) is 5.39. The number of ether oxygens (including phenoxy) is 1. The summed E-state index contributed by atoms with van der Waals surface area (Å²) >= 11 is 0. The van der Waals surface area contributed by atoms with E-state index >= 15 is 0 Å². The highest BCUT2D eigenvalue weighted by atomic mass is 16.5. The highest BCUT2D eigenvalue weighted by Gasteiger charge is 2.41. The molecule has 1 aliphatic carbocycles. The van der Waals surface area contributed by atoms with Crippen molar-refractivity contribution in [2.75, 3.05) is 26.3 Å². The fourth-order valence-electron chi connectivity index (χ4n) is 4.10. The molecule has 3 fully saturated rings. The first kappa shape index (κ1) is 15.1. The van der Waals surface area contributed by atoms with Crippen LogP contribution in [0.25, 0.3) is 0 Å². The molecular formula is C17H26N4O2. The van der Waals surface area contributed by atoms with E-state index in [2.05, 4.69) is 21.5 Å². The number of fused-ring (bicyclic) bond motifs is 1. The van der Waals surface area contributed by atoms with E-state index in [0.717, 1.165) is 45.7 Å². The molecule has 126 valence electrons. The van der Waals surface area contributed by atoms with Crippen LogP contribution in [0.2, 0.25) is 0 Å². The number of rotatable bonds is 5. The Morgan fingerprint density at radius 2 is 2.26 bits per heavy atom. The van der Waals surface area contributed by atoms with Crippen LogP contribution in [-0.2, 0) is 23.1 Å². The zero-order valence-corrected chi connectivity index (χ0v) is 13.8. The average Bonchev–Trinajstić information content (AvgIpc) is 3.06. The van der Waals surface area contributed by atoms with Gasteiger partial charge in [-0.05, 0) is 30.6 Å². The van der Waals surface area contributed by atoms with Gasteiger partial charge in [0.25, 0.3) is 0 Å². The molecule has 1 aromatic heterocycles. The highest BCUT2D eigenvalue weighted by Crippen LogP contribution is 2.36. The van der Waals surface area contributed by atoms with Crippen molar-refractivity contribution in [2.45, 2.75) is 31.8 Å². The van der Waals surface area contributed by atoms with Crippen LogP contribution in [0.3, 0.4) is 0 Å². The van der Waals surface area contributed by atoms with E-state index in [4.69, 9.17) is 4.74 Å². The summed E-state index contributed by atoms with van der Waals surface area (Å²) in [6.07, 6.45) is 6.95. The zero-order valence-electron chi connectivity index (χ0n) is 13.8. The van der Waals surface area contributed by atoms with Gasteiger partial charge in [0.05, 0.1) is 19.4 Å². The maximum Gasteiger partial charge on any atom is 0.220 e. The van der Waals surface area contributed by atoms with E-state index in [1.165, 1.54) is 5.56 Å². The molecule has 0 radical (unpaired) electrons. The molecule has 6 nitrogen and oxygen atoms in total. The summed E-state index contributed by atoms with van der Waals surface area (Å²) in [5, 5.41) is 7.37. The second-order valence-electron chi connectivity index (χ2n) is 7.48. The van der Waals surface area contributed by atoms with Gasteiger partial charge in [-0.2, -0.15) is 5.10 Å². The van der Waals surface area contributed by atoms with E-state index in [0.29, 0.717) is 30.2 Å². The minimum atomic E-state index is 0.215. The summed E-state index contributed by atoms with van der Waals surface area (Å²) in [5.74, 6) is 1.74. The van der Waals surface area contributed by atoms with Crippen molar-refractivity contribution in [3.63, 3.8) is 0 Å². The van der Waals surface area contributed by atoms with Crippen LogP contribution in [0.4, 0.5) is 0 Å². The van der Waals surface area contributed by atoms with Crippen LogP contribution in [0.5, 0.6) is 0 Å². The third kappa shape index (κ3) is 3.58. The smallest absolute Gasteiger partial charge is 0.220 e. The zero-order chi connectivity index (χ0) is 15.8. The Labute approximate surface area is 137 Å². The lowest BCUT2D eigenvalue weighted by molar-refractivity contribution is -0.124. The standard InChI is InChI=1S/C17H26N4O2/c1-20-6-12(5-18-20)7-21-8-14-11-23-10-13(16(14)9-21)4-17(22)19-15-2-3-15/h5-6,13-16H,2-4,7-11H2,1H3,(H,19,22)/t13-,14-,16+/m1/s1. The van der Waals surface area contributed by atoms with Crippen LogP contribution in [-0.4, -0.2) is 52.9 Å². The van der Waals surface area contributed by atoms with Gasteiger partial charge in [-0.3, -0.25) is 14.4 Å². The SMILES string of the molecule is Cn1cc(CN2C[C@@H]3COC[C@@H](CC(=O)NC4CC4)[C@@H]3C2)cn1. The van der Waals surface area contributed by atoms with E-state index in [1.807, 2.05) is 17.9 Å². The largest absolute Gasteiger partial charge is 0.381 e. The van der Waals surface area contributed by atoms with Crippen LogP contribution in [0, 0.1) is 17.8 Å². The molecule has 0 bridgehead atoms. The number of carbonyl (C=O) groups is 1. The van der Waals surface area contributed by atoms with Crippen LogP contribution < -0.4 is 5.32 Å². The average molecular weight is 318 g/mol. The third-order valence-corrected chi connectivity index (χ3v) is 5.39. The van der Waals surface area contributed by atoms with Crippen molar-refractivity contribution in [2.24, 2.45) is 24.8 Å². The lowest BCUT2D eigenvalue weighted by atomic mass is 9.81. The summed E-state index contributed by atoms with van der Waals surface area (Å²) in [7, 11) is 1.95. The number of likely N-dealkylation sites (tertiary alicyclic amines) is 1. The number of nitrogens with zero attached hydrogens (tertiary/aromatic N) is 3. The van der Waals surface area contributed by atoms with E-state index in [-0.39, 0.29) is 5.91 Å². The molecule has 2 aliphatic heterocycles. The summed E-state index contributed by atoms with van der Waals surface area (Å²) in [4.78, 5) is 14.6. The van der Waals surface area contributed by atoms with Gasteiger partial charge in [0.15, 0.2) is 0 Å². The van der Waals surface area contributed by atoms with Crippen LogP contribution >= 0.6 is 0 Å².